The molecule has 1 aliphatic heterocycles. The molecule has 88 valence electrons. The molecule has 0 spiro atoms. The Morgan fingerprint density at radius 2 is 2.00 bits per heavy atom. The van der Waals surface area contributed by atoms with E-state index in [1.807, 2.05) is 0 Å². The van der Waals surface area contributed by atoms with E-state index in [0.717, 1.165) is 6.54 Å². The maximum atomic E-state index is 3.51. The Hall–Kier alpha value is -0.820. The monoisotopic (exact) mass is 217 g/mol. The highest BCUT2D eigenvalue weighted by molar-refractivity contribution is 5.29. The summed E-state index contributed by atoms with van der Waals surface area (Å²) < 4.78 is 0. The van der Waals surface area contributed by atoms with Gasteiger partial charge in [0.1, 0.15) is 0 Å². The third-order valence-electron chi connectivity index (χ3n) is 3.79. The van der Waals surface area contributed by atoms with Crippen LogP contribution < -0.4 is 5.32 Å². The predicted octanol–water partition coefficient (Wildman–Crippen LogP) is 3.28. The minimum Gasteiger partial charge on any atom is -0.316 e. The lowest BCUT2D eigenvalue weighted by Crippen LogP contribution is -2.41. The topological polar surface area (TPSA) is 12.0 Å². The van der Waals surface area contributed by atoms with Gasteiger partial charge in [-0.25, -0.2) is 0 Å². The Morgan fingerprint density at radius 3 is 2.56 bits per heavy atom. The first-order valence-corrected chi connectivity index (χ1v) is 6.55. The zero-order valence-electron chi connectivity index (χ0n) is 10.6. The minimum absolute atomic E-state index is 0.350. The van der Waals surface area contributed by atoms with Crippen molar-refractivity contribution in [3.05, 3.63) is 35.4 Å². The van der Waals surface area contributed by atoms with E-state index in [1.165, 1.54) is 43.4 Å². The summed E-state index contributed by atoms with van der Waals surface area (Å²) in [6.45, 7) is 6.93. The van der Waals surface area contributed by atoms with E-state index in [-0.39, 0.29) is 0 Å². The average molecular weight is 217 g/mol. The lowest BCUT2D eigenvalue weighted by molar-refractivity contribution is 0.339. The van der Waals surface area contributed by atoms with Crippen molar-refractivity contribution < 1.29 is 0 Å². The number of hydrogen-bond donors (Lipinski definition) is 1. The number of nitrogens with one attached hydrogen (secondary N) is 1. The van der Waals surface area contributed by atoms with Crippen molar-refractivity contribution in [2.24, 2.45) is 0 Å². The van der Waals surface area contributed by atoms with Crippen molar-refractivity contribution in [1.82, 2.24) is 5.32 Å². The summed E-state index contributed by atoms with van der Waals surface area (Å²) in [6.07, 6.45) is 5.05. The summed E-state index contributed by atoms with van der Waals surface area (Å²) >= 11 is 0. The van der Waals surface area contributed by atoms with Crippen molar-refractivity contribution in [3.8, 4) is 0 Å². The molecule has 1 aromatic carbocycles. The van der Waals surface area contributed by atoms with Crippen LogP contribution in [0.1, 0.15) is 44.2 Å². The van der Waals surface area contributed by atoms with E-state index >= 15 is 0 Å². The SMILES string of the molecule is CCCc1ccc(C2(C)CCCNC2)cc1. The first kappa shape index (κ1) is 11.7. The van der Waals surface area contributed by atoms with Crippen LogP contribution in [-0.2, 0) is 11.8 Å². The molecule has 0 saturated carbocycles. The first-order valence-electron chi connectivity index (χ1n) is 6.55. The standard InChI is InChI=1S/C15H23N/c1-3-5-13-6-8-14(9-7-13)15(2)10-4-11-16-12-15/h6-9,16H,3-5,10-12H2,1-2H3. The fraction of sp³-hybridized carbons (Fsp3) is 0.600. The van der Waals surface area contributed by atoms with Crippen molar-refractivity contribution in [3.63, 3.8) is 0 Å². The van der Waals surface area contributed by atoms with Crippen LogP contribution in [0.2, 0.25) is 0 Å². The molecule has 2 rings (SSSR count). The minimum atomic E-state index is 0.350. The van der Waals surface area contributed by atoms with Crippen LogP contribution >= 0.6 is 0 Å². The molecule has 16 heavy (non-hydrogen) atoms. The van der Waals surface area contributed by atoms with Crippen LogP contribution in [0.4, 0.5) is 0 Å². The van der Waals surface area contributed by atoms with Gasteiger partial charge in [0.05, 0.1) is 0 Å². The molecule has 1 unspecified atom stereocenters. The molecule has 1 atom stereocenters. The second kappa shape index (κ2) is 5.01. The number of benzene rings is 1. The fourth-order valence-corrected chi connectivity index (χ4v) is 2.67. The van der Waals surface area contributed by atoms with E-state index in [2.05, 4.69) is 43.4 Å². The lowest BCUT2D eigenvalue weighted by atomic mass is 9.76. The molecule has 1 saturated heterocycles. The Morgan fingerprint density at radius 1 is 1.25 bits per heavy atom. The summed E-state index contributed by atoms with van der Waals surface area (Å²) in [5.74, 6) is 0. The van der Waals surface area contributed by atoms with E-state index < -0.39 is 0 Å². The van der Waals surface area contributed by atoms with Gasteiger partial charge in [0, 0.05) is 12.0 Å². The van der Waals surface area contributed by atoms with Gasteiger partial charge in [0.2, 0.25) is 0 Å². The van der Waals surface area contributed by atoms with Crippen LogP contribution in [0.25, 0.3) is 0 Å². The van der Waals surface area contributed by atoms with Gasteiger partial charge < -0.3 is 5.32 Å². The van der Waals surface area contributed by atoms with Crippen LogP contribution in [0.3, 0.4) is 0 Å². The molecule has 0 aromatic heterocycles. The molecule has 1 fully saturated rings. The zero-order chi connectivity index (χ0) is 11.4. The smallest absolute Gasteiger partial charge is 0.00500 e. The Kier molecular flexibility index (Phi) is 3.65. The third kappa shape index (κ3) is 2.46. The number of rotatable bonds is 3. The maximum absolute atomic E-state index is 3.51. The summed E-state index contributed by atoms with van der Waals surface area (Å²) in [7, 11) is 0. The van der Waals surface area contributed by atoms with Gasteiger partial charge in [0.25, 0.3) is 0 Å². The molecule has 0 bridgehead atoms. The molecule has 1 aliphatic rings. The van der Waals surface area contributed by atoms with Crippen molar-refractivity contribution in [2.75, 3.05) is 13.1 Å². The molecule has 0 aliphatic carbocycles. The molecule has 1 heterocycles. The van der Waals surface area contributed by atoms with Crippen LogP contribution in [0, 0.1) is 0 Å². The predicted molar refractivity (Wildman–Crippen MR) is 69.9 cm³/mol. The van der Waals surface area contributed by atoms with E-state index in [4.69, 9.17) is 0 Å². The summed E-state index contributed by atoms with van der Waals surface area (Å²) in [4.78, 5) is 0. The highest BCUT2D eigenvalue weighted by Crippen LogP contribution is 2.30. The molecule has 1 heteroatoms. The molecule has 0 amide bonds. The molecule has 1 N–H and O–H groups in total. The zero-order valence-corrected chi connectivity index (χ0v) is 10.6. The van der Waals surface area contributed by atoms with E-state index in [9.17, 15) is 0 Å². The van der Waals surface area contributed by atoms with Gasteiger partial charge in [-0.05, 0) is 36.9 Å². The first-order chi connectivity index (χ1) is 7.74. The average Bonchev–Trinajstić information content (AvgIpc) is 2.31. The van der Waals surface area contributed by atoms with Crippen molar-refractivity contribution in [2.45, 2.75) is 44.9 Å². The van der Waals surface area contributed by atoms with E-state index in [0.29, 0.717) is 5.41 Å². The molecular formula is C15H23N. The van der Waals surface area contributed by atoms with Crippen molar-refractivity contribution >= 4 is 0 Å². The highest BCUT2D eigenvalue weighted by atomic mass is 14.9. The van der Waals surface area contributed by atoms with Gasteiger partial charge in [-0.1, -0.05) is 44.5 Å². The van der Waals surface area contributed by atoms with Crippen molar-refractivity contribution in [1.29, 1.82) is 0 Å². The van der Waals surface area contributed by atoms with Gasteiger partial charge in [-0.3, -0.25) is 0 Å². The fourth-order valence-electron chi connectivity index (χ4n) is 2.67. The molecule has 1 aromatic rings. The summed E-state index contributed by atoms with van der Waals surface area (Å²) in [6, 6.07) is 9.27. The second-order valence-corrected chi connectivity index (χ2v) is 5.29. The summed E-state index contributed by atoms with van der Waals surface area (Å²) in [5.41, 5.74) is 3.32. The second-order valence-electron chi connectivity index (χ2n) is 5.29. The number of aryl methyl sites for hydroxylation is 1. The lowest BCUT2D eigenvalue weighted by Gasteiger charge is -2.34. The third-order valence-corrected chi connectivity index (χ3v) is 3.79. The normalized spacial score (nSPS) is 25.6. The van der Waals surface area contributed by atoms with Crippen LogP contribution in [-0.4, -0.2) is 13.1 Å². The summed E-state index contributed by atoms with van der Waals surface area (Å²) in [5, 5.41) is 3.51. The Bertz CT molecular complexity index is 320. The van der Waals surface area contributed by atoms with Crippen LogP contribution in [0.15, 0.2) is 24.3 Å². The van der Waals surface area contributed by atoms with E-state index in [1.54, 1.807) is 0 Å². The maximum Gasteiger partial charge on any atom is 0.00500 e. The number of piperidine rings is 1. The molecule has 1 nitrogen and oxygen atoms in total. The van der Waals surface area contributed by atoms with Gasteiger partial charge >= 0.3 is 0 Å². The number of hydrogen-bond acceptors (Lipinski definition) is 1. The Balaban J connectivity index is 2.13. The van der Waals surface area contributed by atoms with Crippen LogP contribution in [0.5, 0.6) is 0 Å². The van der Waals surface area contributed by atoms with Gasteiger partial charge in [-0.15, -0.1) is 0 Å². The Labute approximate surface area is 99.3 Å². The quantitative estimate of drug-likeness (QED) is 0.819. The molecular weight excluding hydrogens is 194 g/mol. The van der Waals surface area contributed by atoms with Gasteiger partial charge in [-0.2, -0.15) is 0 Å². The highest BCUT2D eigenvalue weighted by Gasteiger charge is 2.28. The van der Waals surface area contributed by atoms with Gasteiger partial charge in [0.15, 0.2) is 0 Å². The largest absolute Gasteiger partial charge is 0.316 e. The molecule has 0 radical (unpaired) electrons.